The highest BCUT2D eigenvalue weighted by molar-refractivity contribution is 5.95. The molecule has 1 amide bonds. The van der Waals surface area contributed by atoms with E-state index in [1.165, 1.54) is 22.3 Å². The Morgan fingerprint density at radius 3 is 2.43 bits per heavy atom. The molecular weight excluding hydrogens is 260 g/mol. The van der Waals surface area contributed by atoms with Crippen LogP contribution in [0.2, 0.25) is 0 Å². The van der Waals surface area contributed by atoms with E-state index in [0.717, 1.165) is 18.5 Å². The Morgan fingerprint density at radius 1 is 1.24 bits per heavy atom. The lowest BCUT2D eigenvalue weighted by Gasteiger charge is -2.14. The zero-order chi connectivity index (χ0) is 16.0. The normalized spacial score (nSPS) is 10.6. The minimum Gasteiger partial charge on any atom is -0.351 e. The summed E-state index contributed by atoms with van der Waals surface area (Å²) in [7, 11) is 4.00. The van der Waals surface area contributed by atoms with Crippen LogP contribution < -0.4 is 5.32 Å². The van der Waals surface area contributed by atoms with Crippen molar-refractivity contribution in [3.05, 3.63) is 40.5 Å². The maximum absolute atomic E-state index is 12.2. The number of carbonyl (C=O) groups is 1. The number of benzene rings is 1. The first-order valence-corrected chi connectivity index (χ1v) is 7.57. The molecule has 0 aromatic heterocycles. The van der Waals surface area contributed by atoms with Gasteiger partial charge in [-0.2, -0.15) is 0 Å². The van der Waals surface area contributed by atoms with Crippen LogP contribution in [-0.4, -0.2) is 38.0 Å². The Labute approximate surface area is 129 Å². The molecule has 0 bridgehead atoms. The van der Waals surface area contributed by atoms with Gasteiger partial charge in [-0.05, 0) is 70.1 Å². The van der Waals surface area contributed by atoms with Gasteiger partial charge < -0.3 is 10.2 Å². The van der Waals surface area contributed by atoms with Crippen LogP contribution in [0.25, 0.3) is 5.57 Å². The number of carbonyl (C=O) groups excluding carboxylic acids is 1. The molecule has 0 spiro atoms. The largest absolute Gasteiger partial charge is 0.351 e. The van der Waals surface area contributed by atoms with Crippen LogP contribution in [0.4, 0.5) is 0 Å². The standard InChI is InChI=1S/C18H28N2O/c1-7-16(13(2)3)17-12-15(9-8-14(17)4)18(21)19-10-11-20(5)6/h8-9,12H,7,10-11H2,1-6H3,(H,19,21). The summed E-state index contributed by atoms with van der Waals surface area (Å²) in [5, 5.41) is 2.97. The summed E-state index contributed by atoms with van der Waals surface area (Å²) >= 11 is 0. The zero-order valence-corrected chi connectivity index (χ0v) is 14.2. The minimum absolute atomic E-state index is 0.00214. The third-order valence-electron chi connectivity index (χ3n) is 3.63. The SMILES string of the molecule is CCC(=C(C)C)c1cc(C(=O)NCCN(C)C)ccc1C. The van der Waals surface area contributed by atoms with E-state index in [1.54, 1.807) is 0 Å². The Balaban J connectivity index is 2.96. The molecule has 0 fully saturated rings. The molecule has 1 aromatic carbocycles. The van der Waals surface area contributed by atoms with E-state index in [4.69, 9.17) is 0 Å². The topological polar surface area (TPSA) is 32.3 Å². The predicted octanol–water partition coefficient (Wildman–Crippen LogP) is 3.49. The fourth-order valence-electron chi connectivity index (χ4n) is 2.40. The lowest BCUT2D eigenvalue weighted by molar-refractivity contribution is 0.0951. The van der Waals surface area contributed by atoms with Crippen molar-refractivity contribution in [2.24, 2.45) is 0 Å². The fraction of sp³-hybridized carbons (Fsp3) is 0.500. The van der Waals surface area contributed by atoms with Gasteiger partial charge in [-0.3, -0.25) is 4.79 Å². The summed E-state index contributed by atoms with van der Waals surface area (Å²) in [6, 6.07) is 5.96. The summed E-state index contributed by atoms with van der Waals surface area (Å²) < 4.78 is 0. The highest BCUT2D eigenvalue weighted by Gasteiger charge is 2.10. The van der Waals surface area contributed by atoms with Crippen molar-refractivity contribution in [1.82, 2.24) is 10.2 Å². The smallest absolute Gasteiger partial charge is 0.251 e. The van der Waals surface area contributed by atoms with Gasteiger partial charge in [-0.25, -0.2) is 0 Å². The van der Waals surface area contributed by atoms with Crippen molar-refractivity contribution >= 4 is 11.5 Å². The van der Waals surface area contributed by atoms with Gasteiger partial charge in [0.1, 0.15) is 0 Å². The second kappa shape index (κ2) is 7.99. The minimum atomic E-state index is 0.00214. The summed E-state index contributed by atoms with van der Waals surface area (Å²) in [4.78, 5) is 14.3. The van der Waals surface area contributed by atoms with Crippen molar-refractivity contribution in [1.29, 1.82) is 0 Å². The second-order valence-electron chi connectivity index (χ2n) is 5.92. The molecule has 1 N–H and O–H groups in total. The summed E-state index contributed by atoms with van der Waals surface area (Å²) in [6.07, 6.45) is 0.981. The van der Waals surface area contributed by atoms with Gasteiger partial charge in [-0.15, -0.1) is 0 Å². The van der Waals surface area contributed by atoms with Crippen LogP contribution in [0.15, 0.2) is 23.8 Å². The number of hydrogen-bond donors (Lipinski definition) is 1. The van der Waals surface area contributed by atoms with Gasteiger partial charge >= 0.3 is 0 Å². The molecule has 0 saturated carbocycles. The number of nitrogens with one attached hydrogen (secondary N) is 1. The van der Waals surface area contributed by atoms with Gasteiger partial charge in [0.25, 0.3) is 5.91 Å². The first kappa shape index (κ1) is 17.4. The molecule has 0 saturated heterocycles. The number of aryl methyl sites for hydroxylation is 1. The van der Waals surface area contributed by atoms with Crippen LogP contribution in [0.1, 0.15) is 48.7 Å². The Bertz CT molecular complexity index is 526. The third kappa shape index (κ3) is 5.01. The van der Waals surface area contributed by atoms with E-state index < -0.39 is 0 Å². The van der Waals surface area contributed by atoms with Gasteiger partial charge in [0.15, 0.2) is 0 Å². The molecule has 21 heavy (non-hydrogen) atoms. The molecule has 3 heteroatoms. The Hall–Kier alpha value is -1.61. The first-order valence-electron chi connectivity index (χ1n) is 7.57. The molecular formula is C18H28N2O. The Morgan fingerprint density at radius 2 is 1.90 bits per heavy atom. The van der Waals surface area contributed by atoms with Crippen molar-refractivity contribution in [2.75, 3.05) is 27.2 Å². The summed E-state index contributed by atoms with van der Waals surface area (Å²) in [5.74, 6) is 0.00214. The maximum Gasteiger partial charge on any atom is 0.251 e. The third-order valence-corrected chi connectivity index (χ3v) is 3.63. The molecule has 3 nitrogen and oxygen atoms in total. The molecule has 0 heterocycles. The van der Waals surface area contributed by atoms with Crippen molar-refractivity contribution in [2.45, 2.75) is 34.1 Å². The molecule has 116 valence electrons. The second-order valence-corrected chi connectivity index (χ2v) is 5.92. The monoisotopic (exact) mass is 288 g/mol. The highest BCUT2D eigenvalue weighted by Crippen LogP contribution is 2.26. The molecule has 1 aromatic rings. The average molecular weight is 288 g/mol. The molecule has 0 atom stereocenters. The average Bonchev–Trinajstić information content (AvgIpc) is 2.40. The zero-order valence-electron chi connectivity index (χ0n) is 14.2. The van der Waals surface area contributed by atoms with Crippen LogP contribution in [0.5, 0.6) is 0 Å². The number of rotatable bonds is 6. The summed E-state index contributed by atoms with van der Waals surface area (Å²) in [5.41, 5.74) is 5.79. The van der Waals surface area contributed by atoms with Crippen molar-refractivity contribution in [3.8, 4) is 0 Å². The Kier molecular flexibility index (Phi) is 6.63. The fourth-order valence-corrected chi connectivity index (χ4v) is 2.40. The molecule has 0 aliphatic carbocycles. The molecule has 1 rings (SSSR count). The molecule has 0 aliphatic rings. The van der Waals surface area contributed by atoms with Crippen LogP contribution in [0.3, 0.4) is 0 Å². The number of likely N-dealkylation sites (N-methyl/N-ethyl adjacent to an activating group) is 1. The predicted molar refractivity (Wildman–Crippen MR) is 90.6 cm³/mol. The molecule has 0 unspecified atom stereocenters. The van der Waals surface area contributed by atoms with Gasteiger partial charge in [-0.1, -0.05) is 18.6 Å². The van der Waals surface area contributed by atoms with E-state index in [2.05, 4.69) is 37.9 Å². The highest BCUT2D eigenvalue weighted by atomic mass is 16.1. The quantitative estimate of drug-likeness (QED) is 0.869. The van der Waals surface area contributed by atoms with Gasteiger partial charge in [0.05, 0.1) is 0 Å². The van der Waals surface area contributed by atoms with E-state index in [9.17, 15) is 4.79 Å². The van der Waals surface area contributed by atoms with Crippen molar-refractivity contribution < 1.29 is 4.79 Å². The van der Waals surface area contributed by atoms with Crippen LogP contribution in [-0.2, 0) is 0 Å². The van der Waals surface area contributed by atoms with E-state index in [1.807, 2.05) is 32.3 Å². The lowest BCUT2D eigenvalue weighted by atomic mass is 9.93. The van der Waals surface area contributed by atoms with Gasteiger partial charge in [0, 0.05) is 18.7 Å². The van der Waals surface area contributed by atoms with Crippen molar-refractivity contribution in [3.63, 3.8) is 0 Å². The molecule has 0 radical (unpaired) electrons. The molecule has 0 aliphatic heterocycles. The van der Waals surface area contributed by atoms with E-state index in [-0.39, 0.29) is 5.91 Å². The number of amides is 1. The lowest BCUT2D eigenvalue weighted by Crippen LogP contribution is -2.31. The van der Waals surface area contributed by atoms with Crippen LogP contribution >= 0.6 is 0 Å². The number of nitrogens with zero attached hydrogens (tertiary/aromatic N) is 1. The maximum atomic E-state index is 12.2. The first-order chi connectivity index (χ1) is 9.86. The van der Waals surface area contributed by atoms with Crippen LogP contribution in [0, 0.1) is 6.92 Å². The number of hydrogen-bond acceptors (Lipinski definition) is 2. The van der Waals surface area contributed by atoms with E-state index >= 15 is 0 Å². The number of allylic oxidation sites excluding steroid dienone is 2. The van der Waals surface area contributed by atoms with Gasteiger partial charge in [0.2, 0.25) is 0 Å². The summed E-state index contributed by atoms with van der Waals surface area (Å²) in [6.45, 7) is 10.0. The van der Waals surface area contributed by atoms with E-state index in [0.29, 0.717) is 6.54 Å².